The number of amides is 1. The Balaban J connectivity index is 0.00000320. The van der Waals surface area contributed by atoms with Gasteiger partial charge in [0.15, 0.2) is 5.96 Å². The van der Waals surface area contributed by atoms with Crippen LogP contribution >= 0.6 is 24.0 Å². The van der Waals surface area contributed by atoms with Crippen molar-refractivity contribution >= 4 is 35.8 Å². The van der Waals surface area contributed by atoms with Crippen molar-refractivity contribution in [2.24, 2.45) is 10.9 Å². The Morgan fingerprint density at radius 2 is 1.50 bits per heavy atom. The van der Waals surface area contributed by atoms with E-state index in [9.17, 15) is 4.79 Å². The van der Waals surface area contributed by atoms with E-state index in [1.165, 1.54) is 25.9 Å². The minimum atomic E-state index is -0.00439. The van der Waals surface area contributed by atoms with E-state index in [0.29, 0.717) is 11.8 Å². The summed E-state index contributed by atoms with van der Waals surface area (Å²) in [6.07, 6.45) is 5.01. The standard InChI is InChI=1S/C22H42N6O.HI/c1-4-23-22(24-17-19(2)18-25-9-5-6-10-25)28-15-13-26(14-16-28)20(3)21(29)27-11-7-8-12-27;/h19-20H,4-18H2,1-3H3,(H,23,24);1H. The molecule has 30 heavy (non-hydrogen) atoms. The van der Waals surface area contributed by atoms with Crippen LogP contribution in [0.4, 0.5) is 0 Å². The number of piperazine rings is 1. The second kappa shape index (κ2) is 13.1. The van der Waals surface area contributed by atoms with Crippen LogP contribution in [0, 0.1) is 5.92 Å². The van der Waals surface area contributed by atoms with Crippen LogP contribution in [0.2, 0.25) is 0 Å². The number of likely N-dealkylation sites (tertiary alicyclic amines) is 2. The van der Waals surface area contributed by atoms with Gasteiger partial charge in [0.05, 0.1) is 6.04 Å². The molecule has 174 valence electrons. The fourth-order valence-electron chi connectivity index (χ4n) is 4.81. The lowest BCUT2D eigenvalue weighted by Gasteiger charge is -2.39. The highest BCUT2D eigenvalue weighted by Crippen LogP contribution is 2.14. The summed E-state index contributed by atoms with van der Waals surface area (Å²) in [4.78, 5) is 27.0. The van der Waals surface area contributed by atoms with Crippen LogP contribution < -0.4 is 5.32 Å². The minimum absolute atomic E-state index is 0. The Morgan fingerprint density at radius 3 is 2.10 bits per heavy atom. The molecule has 0 saturated carbocycles. The maximum Gasteiger partial charge on any atom is 0.239 e. The van der Waals surface area contributed by atoms with Crippen LogP contribution in [0.3, 0.4) is 0 Å². The van der Waals surface area contributed by atoms with Gasteiger partial charge < -0.3 is 20.0 Å². The van der Waals surface area contributed by atoms with E-state index < -0.39 is 0 Å². The lowest BCUT2D eigenvalue weighted by atomic mass is 10.2. The molecule has 2 unspecified atom stereocenters. The van der Waals surface area contributed by atoms with Crippen LogP contribution in [0.5, 0.6) is 0 Å². The zero-order valence-electron chi connectivity index (χ0n) is 19.3. The van der Waals surface area contributed by atoms with Crippen molar-refractivity contribution in [2.75, 3.05) is 72.0 Å². The number of carbonyl (C=O) groups is 1. The SMILES string of the molecule is CCNC(=NCC(C)CN1CCCC1)N1CCN(C(C)C(=O)N2CCCC2)CC1.I. The molecule has 3 saturated heterocycles. The first-order chi connectivity index (χ1) is 14.1. The Morgan fingerprint density at radius 1 is 0.900 bits per heavy atom. The molecule has 0 aliphatic carbocycles. The molecule has 1 amide bonds. The topological polar surface area (TPSA) is 54.4 Å². The van der Waals surface area contributed by atoms with Gasteiger partial charge in [0.25, 0.3) is 0 Å². The summed E-state index contributed by atoms with van der Waals surface area (Å²) in [7, 11) is 0. The van der Waals surface area contributed by atoms with Crippen LogP contribution in [0.1, 0.15) is 46.5 Å². The molecule has 3 heterocycles. The average molecular weight is 535 g/mol. The van der Waals surface area contributed by atoms with E-state index in [4.69, 9.17) is 4.99 Å². The first kappa shape index (κ1) is 25.6. The molecule has 7 nitrogen and oxygen atoms in total. The van der Waals surface area contributed by atoms with Gasteiger partial charge in [-0.05, 0) is 58.5 Å². The largest absolute Gasteiger partial charge is 0.357 e. The zero-order valence-corrected chi connectivity index (χ0v) is 21.6. The van der Waals surface area contributed by atoms with Crippen molar-refractivity contribution in [3.63, 3.8) is 0 Å². The van der Waals surface area contributed by atoms with Gasteiger partial charge in [0, 0.05) is 58.9 Å². The predicted octanol–water partition coefficient (Wildman–Crippen LogP) is 1.93. The normalized spacial score (nSPS) is 23.4. The highest BCUT2D eigenvalue weighted by Gasteiger charge is 2.30. The number of nitrogens with one attached hydrogen (secondary N) is 1. The molecule has 0 aromatic carbocycles. The van der Waals surface area contributed by atoms with Crippen LogP contribution in [0.15, 0.2) is 4.99 Å². The first-order valence-electron chi connectivity index (χ1n) is 11.9. The molecular weight excluding hydrogens is 491 g/mol. The number of hydrogen-bond acceptors (Lipinski definition) is 4. The van der Waals surface area contributed by atoms with Gasteiger partial charge >= 0.3 is 0 Å². The van der Waals surface area contributed by atoms with E-state index in [-0.39, 0.29) is 30.0 Å². The summed E-state index contributed by atoms with van der Waals surface area (Å²) >= 11 is 0. The van der Waals surface area contributed by atoms with Gasteiger partial charge in [-0.2, -0.15) is 0 Å². The fraction of sp³-hybridized carbons (Fsp3) is 0.909. The lowest BCUT2D eigenvalue weighted by Crippen LogP contribution is -2.57. The van der Waals surface area contributed by atoms with E-state index in [1.807, 2.05) is 4.90 Å². The molecule has 3 rings (SSSR count). The van der Waals surface area contributed by atoms with Crippen LogP contribution in [-0.4, -0.2) is 110 Å². The summed E-state index contributed by atoms with van der Waals surface area (Å²) in [5, 5.41) is 3.48. The summed E-state index contributed by atoms with van der Waals surface area (Å²) in [6, 6.07) is -0.00439. The van der Waals surface area contributed by atoms with Gasteiger partial charge in [-0.15, -0.1) is 24.0 Å². The summed E-state index contributed by atoms with van der Waals surface area (Å²) < 4.78 is 0. The third-order valence-electron chi connectivity index (χ3n) is 6.59. The monoisotopic (exact) mass is 534 g/mol. The summed E-state index contributed by atoms with van der Waals surface area (Å²) in [5.41, 5.74) is 0. The van der Waals surface area contributed by atoms with E-state index in [1.54, 1.807) is 0 Å². The van der Waals surface area contributed by atoms with Gasteiger partial charge in [-0.1, -0.05) is 6.92 Å². The zero-order chi connectivity index (χ0) is 20.6. The molecule has 0 radical (unpaired) electrons. The smallest absolute Gasteiger partial charge is 0.239 e. The Bertz CT molecular complexity index is 540. The number of rotatable bonds is 7. The number of carbonyl (C=O) groups excluding carboxylic acids is 1. The van der Waals surface area contributed by atoms with Crippen molar-refractivity contribution in [1.29, 1.82) is 0 Å². The second-order valence-corrected chi connectivity index (χ2v) is 9.04. The molecule has 3 aliphatic heterocycles. The van der Waals surface area contributed by atoms with Crippen molar-refractivity contribution < 1.29 is 4.79 Å². The predicted molar refractivity (Wildman–Crippen MR) is 135 cm³/mol. The molecule has 0 bridgehead atoms. The minimum Gasteiger partial charge on any atom is -0.357 e. The third kappa shape index (κ3) is 7.22. The summed E-state index contributed by atoms with van der Waals surface area (Å²) in [5.74, 6) is 1.94. The van der Waals surface area contributed by atoms with Crippen LogP contribution in [0.25, 0.3) is 0 Å². The maximum absolute atomic E-state index is 12.7. The average Bonchev–Trinajstić information content (AvgIpc) is 3.44. The number of hydrogen-bond donors (Lipinski definition) is 1. The molecule has 0 aromatic heterocycles. The highest BCUT2D eigenvalue weighted by atomic mass is 127. The van der Waals surface area contributed by atoms with E-state index in [2.05, 4.69) is 40.8 Å². The van der Waals surface area contributed by atoms with E-state index in [0.717, 1.165) is 77.7 Å². The fourth-order valence-corrected chi connectivity index (χ4v) is 4.81. The highest BCUT2D eigenvalue weighted by molar-refractivity contribution is 14.0. The Hall–Kier alpha value is -0.610. The van der Waals surface area contributed by atoms with Gasteiger partial charge in [0.2, 0.25) is 5.91 Å². The molecule has 3 aliphatic rings. The molecule has 3 fully saturated rings. The third-order valence-corrected chi connectivity index (χ3v) is 6.59. The molecule has 1 N–H and O–H groups in total. The summed E-state index contributed by atoms with van der Waals surface area (Å²) in [6.45, 7) is 17.6. The lowest BCUT2D eigenvalue weighted by molar-refractivity contribution is -0.135. The number of halogens is 1. The molecule has 8 heteroatoms. The number of guanidine groups is 1. The van der Waals surface area contributed by atoms with Gasteiger partial charge in [0.1, 0.15) is 0 Å². The molecule has 0 aromatic rings. The second-order valence-electron chi connectivity index (χ2n) is 9.04. The van der Waals surface area contributed by atoms with Crippen molar-refractivity contribution in [2.45, 2.75) is 52.5 Å². The first-order valence-corrected chi connectivity index (χ1v) is 11.9. The van der Waals surface area contributed by atoms with Crippen molar-refractivity contribution in [3.8, 4) is 0 Å². The molecule has 0 spiro atoms. The van der Waals surface area contributed by atoms with E-state index >= 15 is 0 Å². The van der Waals surface area contributed by atoms with Gasteiger partial charge in [-0.25, -0.2) is 0 Å². The van der Waals surface area contributed by atoms with Crippen LogP contribution in [-0.2, 0) is 4.79 Å². The maximum atomic E-state index is 12.7. The number of aliphatic imine (C=N–C) groups is 1. The van der Waals surface area contributed by atoms with Gasteiger partial charge in [-0.3, -0.25) is 14.7 Å². The Kier molecular flexibility index (Phi) is 11.2. The molecular formula is C22H43IN6O. The number of nitrogens with zero attached hydrogens (tertiary/aromatic N) is 5. The van der Waals surface area contributed by atoms with Crippen molar-refractivity contribution in [1.82, 2.24) is 24.9 Å². The molecule has 2 atom stereocenters. The van der Waals surface area contributed by atoms with Crippen molar-refractivity contribution in [3.05, 3.63) is 0 Å². The Labute approximate surface area is 200 Å². The quantitative estimate of drug-likeness (QED) is 0.308.